The first-order valence-corrected chi connectivity index (χ1v) is 8.84. The standard InChI is InChI=1S/C19H31N3O3/c1-13(2)16-11-22(10-14-9-15(24-5)7-8-20-14)12-17(16)21-18(23)19(3,4)25-6/h7-9,13,16-17H,10-12H2,1-6H3,(H,21,23)/t16-,17+/m1/s1. The topological polar surface area (TPSA) is 63.7 Å². The Morgan fingerprint density at radius 3 is 2.72 bits per heavy atom. The minimum Gasteiger partial charge on any atom is -0.497 e. The number of hydrogen-bond donors (Lipinski definition) is 1. The van der Waals surface area contributed by atoms with Crippen LogP contribution in [0.2, 0.25) is 0 Å². The van der Waals surface area contributed by atoms with Gasteiger partial charge in [-0.2, -0.15) is 0 Å². The van der Waals surface area contributed by atoms with Gasteiger partial charge in [0.15, 0.2) is 0 Å². The fourth-order valence-corrected chi connectivity index (χ4v) is 3.20. The molecular weight excluding hydrogens is 318 g/mol. The second-order valence-electron chi connectivity index (χ2n) is 7.58. The van der Waals surface area contributed by atoms with Gasteiger partial charge in [-0.3, -0.25) is 14.7 Å². The van der Waals surface area contributed by atoms with Crippen molar-refractivity contribution in [3.05, 3.63) is 24.0 Å². The molecule has 1 amide bonds. The number of methoxy groups -OCH3 is 2. The maximum absolute atomic E-state index is 12.5. The fourth-order valence-electron chi connectivity index (χ4n) is 3.20. The van der Waals surface area contributed by atoms with Gasteiger partial charge in [-0.1, -0.05) is 13.8 Å². The van der Waals surface area contributed by atoms with Gasteiger partial charge in [0.25, 0.3) is 5.91 Å². The molecule has 2 atom stereocenters. The number of amides is 1. The number of rotatable bonds is 7. The van der Waals surface area contributed by atoms with Gasteiger partial charge in [0.1, 0.15) is 11.4 Å². The van der Waals surface area contributed by atoms with Crippen LogP contribution in [-0.2, 0) is 16.1 Å². The lowest BCUT2D eigenvalue weighted by atomic mass is 9.91. The number of hydrogen-bond acceptors (Lipinski definition) is 5. The maximum atomic E-state index is 12.5. The third kappa shape index (κ3) is 4.92. The molecular formula is C19H31N3O3. The van der Waals surface area contributed by atoms with E-state index in [0.717, 1.165) is 31.1 Å². The van der Waals surface area contributed by atoms with Crippen LogP contribution >= 0.6 is 0 Å². The summed E-state index contributed by atoms with van der Waals surface area (Å²) in [4.78, 5) is 19.3. The van der Waals surface area contributed by atoms with Gasteiger partial charge in [0, 0.05) is 45.0 Å². The van der Waals surface area contributed by atoms with Crippen LogP contribution in [0.1, 0.15) is 33.4 Å². The Hall–Kier alpha value is -1.66. The summed E-state index contributed by atoms with van der Waals surface area (Å²) in [6.45, 7) is 10.5. The molecule has 6 nitrogen and oxygen atoms in total. The number of likely N-dealkylation sites (tertiary alicyclic amines) is 1. The second-order valence-corrected chi connectivity index (χ2v) is 7.58. The smallest absolute Gasteiger partial charge is 0.251 e. The molecule has 25 heavy (non-hydrogen) atoms. The van der Waals surface area contributed by atoms with E-state index in [9.17, 15) is 4.79 Å². The monoisotopic (exact) mass is 349 g/mol. The molecule has 1 aromatic rings. The van der Waals surface area contributed by atoms with Crippen molar-refractivity contribution in [3.8, 4) is 5.75 Å². The lowest BCUT2D eigenvalue weighted by Gasteiger charge is -2.28. The highest BCUT2D eigenvalue weighted by Crippen LogP contribution is 2.26. The third-order valence-corrected chi connectivity index (χ3v) is 5.08. The lowest BCUT2D eigenvalue weighted by Crippen LogP contribution is -2.51. The quantitative estimate of drug-likeness (QED) is 0.817. The molecule has 1 N–H and O–H groups in total. The van der Waals surface area contributed by atoms with Gasteiger partial charge in [-0.25, -0.2) is 0 Å². The highest BCUT2D eigenvalue weighted by molar-refractivity contribution is 5.84. The molecule has 0 bridgehead atoms. The van der Waals surface area contributed by atoms with Gasteiger partial charge in [0.2, 0.25) is 0 Å². The summed E-state index contributed by atoms with van der Waals surface area (Å²) in [5.41, 5.74) is 0.162. The number of pyridine rings is 1. The van der Waals surface area contributed by atoms with Crippen LogP contribution in [0, 0.1) is 11.8 Å². The molecule has 140 valence electrons. The summed E-state index contributed by atoms with van der Waals surface area (Å²) < 4.78 is 10.6. The Morgan fingerprint density at radius 2 is 2.12 bits per heavy atom. The fraction of sp³-hybridized carbons (Fsp3) is 0.684. The number of ether oxygens (including phenoxy) is 2. The molecule has 1 aliphatic heterocycles. The summed E-state index contributed by atoms with van der Waals surface area (Å²) in [6, 6.07) is 3.93. The Morgan fingerprint density at radius 1 is 1.40 bits per heavy atom. The van der Waals surface area contributed by atoms with Crippen LogP contribution in [0.3, 0.4) is 0 Å². The largest absolute Gasteiger partial charge is 0.497 e. The first kappa shape index (κ1) is 19.7. The Balaban J connectivity index is 2.05. The van der Waals surface area contributed by atoms with E-state index >= 15 is 0 Å². The molecule has 2 rings (SSSR count). The Labute approximate surface area is 150 Å². The van der Waals surface area contributed by atoms with E-state index in [4.69, 9.17) is 9.47 Å². The van der Waals surface area contributed by atoms with E-state index < -0.39 is 5.60 Å². The van der Waals surface area contributed by atoms with Gasteiger partial charge in [0.05, 0.1) is 12.8 Å². The molecule has 1 saturated heterocycles. The van der Waals surface area contributed by atoms with Crippen molar-refractivity contribution in [1.82, 2.24) is 15.2 Å². The molecule has 0 unspecified atom stereocenters. The minimum atomic E-state index is -0.816. The number of carbonyl (C=O) groups excluding carboxylic acids is 1. The summed E-state index contributed by atoms with van der Waals surface area (Å²) in [7, 11) is 3.22. The van der Waals surface area contributed by atoms with Crippen molar-refractivity contribution < 1.29 is 14.3 Å². The predicted octanol–water partition coefficient (Wildman–Crippen LogP) is 2.09. The zero-order chi connectivity index (χ0) is 18.6. The highest BCUT2D eigenvalue weighted by Gasteiger charge is 2.38. The van der Waals surface area contributed by atoms with Crippen molar-refractivity contribution in [2.24, 2.45) is 11.8 Å². The first-order chi connectivity index (χ1) is 11.8. The van der Waals surface area contributed by atoms with Gasteiger partial charge in [-0.05, 0) is 31.7 Å². The van der Waals surface area contributed by atoms with Crippen molar-refractivity contribution in [2.45, 2.75) is 45.9 Å². The normalized spacial score (nSPS) is 21.6. The van der Waals surface area contributed by atoms with Crippen LogP contribution < -0.4 is 10.1 Å². The average molecular weight is 349 g/mol. The number of carbonyl (C=O) groups is 1. The van der Waals surface area contributed by atoms with Crippen LogP contribution in [-0.4, -0.2) is 54.7 Å². The van der Waals surface area contributed by atoms with Crippen molar-refractivity contribution in [1.29, 1.82) is 0 Å². The predicted molar refractivity (Wildman–Crippen MR) is 97.4 cm³/mol. The minimum absolute atomic E-state index is 0.0630. The highest BCUT2D eigenvalue weighted by atomic mass is 16.5. The van der Waals surface area contributed by atoms with E-state index in [2.05, 4.69) is 29.0 Å². The summed E-state index contributed by atoms with van der Waals surface area (Å²) in [5, 5.41) is 3.19. The summed E-state index contributed by atoms with van der Waals surface area (Å²) >= 11 is 0. The molecule has 0 spiro atoms. The molecule has 1 aromatic heterocycles. The number of aromatic nitrogens is 1. The summed E-state index contributed by atoms with van der Waals surface area (Å²) in [5.74, 6) is 1.64. The van der Waals surface area contributed by atoms with E-state index in [-0.39, 0.29) is 11.9 Å². The summed E-state index contributed by atoms with van der Waals surface area (Å²) in [6.07, 6.45) is 1.77. The Kier molecular flexibility index (Phi) is 6.41. The molecule has 0 saturated carbocycles. The zero-order valence-corrected chi connectivity index (χ0v) is 16.2. The van der Waals surface area contributed by atoms with E-state index in [1.807, 2.05) is 12.1 Å². The molecule has 1 aliphatic rings. The van der Waals surface area contributed by atoms with E-state index in [0.29, 0.717) is 11.8 Å². The number of nitrogens with zero attached hydrogens (tertiary/aromatic N) is 2. The van der Waals surface area contributed by atoms with Crippen LogP contribution in [0.5, 0.6) is 5.75 Å². The maximum Gasteiger partial charge on any atom is 0.251 e. The van der Waals surface area contributed by atoms with Gasteiger partial charge < -0.3 is 14.8 Å². The van der Waals surface area contributed by atoms with Gasteiger partial charge >= 0.3 is 0 Å². The zero-order valence-electron chi connectivity index (χ0n) is 16.2. The first-order valence-electron chi connectivity index (χ1n) is 8.84. The molecule has 0 radical (unpaired) electrons. The lowest BCUT2D eigenvalue weighted by molar-refractivity contribution is -0.140. The molecule has 2 heterocycles. The number of nitrogens with one attached hydrogen (secondary N) is 1. The van der Waals surface area contributed by atoms with Crippen LogP contribution in [0.25, 0.3) is 0 Å². The van der Waals surface area contributed by atoms with E-state index in [1.165, 1.54) is 0 Å². The molecule has 0 aliphatic carbocycles. The second kappa shape index (κ2) is 8.15. The van der Waals surface area contributed by atoms with Crippen molar-refractivity contribution in [3.63, 3.8) is 0 Å². The average Bonchev–Trinajstić information content (AvgIpc) is 2.97. The van der Waals surface area contributed by atoms with E-state index in [1.54, 1.807) is 34.3 Å². The van der Waals surface area contributed by atoms with Crippen LogP contribution in [0.15, 0.2) is 18.3 Å². The SMILES string of the molecule is COc1ccnc(CN2C[C@H](NC(=O)C(C)(C)OC)[C@@H](C(C)C)C2)c1. The molecule has 6 heteroatoms. The molecule has 0 aromatic carbocycles. The van der Waals surface area contributed by atoms with Crippen LogP contribution in [0.4, 0.5) is 0 Å². The Bertz CT molecular complexity index is 589. The van der Waals surface area contributed by atoms with Crippen molar-refractivity contribution >= 4 is 5.91 Å². The van der Waals surface area contributed by atoms with Crippen molar-refractivity contribution in [2.75, 3.05) is 27.3 Å². The van der Waals surface area contributed by atoms with Gasteiger partial charge in [-0.15, -0.1) is 0 Å². The third-order valence-electron chi connectivity index (χ3n) is 5.08. The molecule has 1 fully saturated rings.